The summed E-state index contributed by atoms with van der Waals surface area (Å²) in [7, 11) is 0. The Hall–Kier alpha value is -2.67. The van der Waals surface area contributed by atoms with Crippen LogP contribution in [0, 0.1) is 6.92 Å². The number of benzene rings is 1. The number of nitrogens with zero attached hydrogens (tertiary/aromatic N) is 3. The van der Waals surface area contributed by atoms with Gasteiger partial charge in [0, 0.05) is 17.1 Å². The van der Waals surface area contributed by atoms with E-state index < -0.39 is 11.7 Å². The fraction of sp³-hybridized carbons (Fsp3) is 0.111. The Bertz CT molecular complexity index is 1060. The molecule has 0 aliphatic rings. The van der Waals surface area contributed by atoms with Gasteiger partial charge in [-0.3, -0.25) is 0 Å². The van der Waals surface area contributed by atoms with E-state index >= 15 is 0 Å². The van der Waals surface area contributed by atoms with Gasteiger partial charge in [0.25, 0.3) is 0 Å². The van der Waals surface area contributed by atoms with E-state index in [4.69, 9.17) is 0 Å². The van der Waals surface area contributed by atoms with Crippen molar-refractivity contribution in [1.29, 1.82) is 0 Å². The molecule has 0 saturated carbocycles. The first-order valence-corrected chi connectivity index (χ1v) is 8.39. The van der Waals surface area contributed by atoms with Crippen molar-refractivity contribution in [3.63, 3.8) is 0 Å². The summed E-state index contributed by atoms with van der Waals surface area (Å²) in [6.07, 6.45) is -2.58. The Morgan fingerprint density at radius 3 is 2.60 bits per heavy atom. The van der Waals surface area contributed by atoms with Crippen molar-refractivity contribution < 1.29 is 13.2 Å². The van der Waals surface area contributed by atoms with Crippen LogP contribution in [0.4, 0.5) is 13.2 Å². The van der Waals surface area contributed by atoms with E-state index in [1.807, 2.05) is 31.3 Å². The summed E-state index contributed by atoms with van der Waals surface area (Å²) in [5.74, 6) is 0. The maximum atomic E-state index is 13.2. The van der Waals surface area contributed by atoms with Gasteiger partial charge in [0.2, 0.25) is 0 Å². The van der Waals surface area contributed by atoms with Gasteiger partial charge in [0.15, 0.2) is 0 Å². The first-order valence-electron chi connectivity index (χ1n) is 7.51. The summed E-state index contributed by atoms with van der Waals surface area (Å²) in [6.45, 7) is 1.87. The molecule has 0 amide bonds. The fourth-order valence-corrected chi connectivity index (χ4v) is 3.77. The normalized spacial score (nSPS) is 12.0. The molecular weight excluding hydrogens is 347 g/mol. The molecule has 0 N–H and O–H groups in total. The van der Waals surface area contributed by atoms with Crippen molar-refractivity contribution in [2.24, 2.45) is 0 Å². The molecule has 3 heterocycles. The topological polar surface area (TPSA) is 30.2 Å². The molecule has 0 fully saturated rings. The first-order chi connectivity index (χ1) is 11.9. The van der Waals surface area contributed by atoms with E-state index in [-0.39, 0.29) is 5.56 Å². The van der Waals surface area contributed by atoms with Gasteiger partial charge in [0.05, 0.1) is 28.0 Å². The lowest BCUT2D eigenvalue weighted by atomic mass is 10.1. The van der Waals surface area contributed by atoms with Crippen LogP contribution in [0.5, 0.6) is 0 Å². The second-order valence-electron chi connectivity index (χ2n) is 5.57. The first kappa shape index (κ1) is 15.8. The monoisotopic (exact) mass is 359 g/mol. The van der Waals surface area contributed by atoms with E-state index in [9.17, 15) is 13.2 Å². The maximum Gasteiger partial charge on any atom is 0.417 e. The van der Waals surface area contributed by atoms with Gasteiger partial charge in [-0.15, -0.1) is 11.3 Å². The zero-order chi connectivity index (χ0) is 17.6. The Labute approximate surface area is 145 Å². The fourth-order valence-electron chi connectivity index (χ4n) is 2.85. The average Bonchev–Trinajstić information content (AvgIpc) is 3.17. The highest BCUT2D eigenvalue weighted by Crippen LogP contribution is 2.39. The molecule has 25 heavy (non-hydrogen) atoms. The molecule has 0 unspecified atom stereocenters. The summed E-state index contributed by atoms with van der Waals surface area (Å²) in [4.78, 5) is 4.47. The molecule has 1 aromatic carbocycles. The van der Waals surface area contributed by atoms with Gasteiger partial charge in [-0.25, -0.2) is 9.50 Å². The van der Waals surface area contributed by atoms with Gasteiger partial charge in [-0.2, -0.15) is 18.3 Å². The Kier molecular flexibility index (Phi) is 3.61. The van der Waals surface area contributed by atoms with Crippen molar-refractivity contribution in [1.82, 2.24) is 14.6 Å². The highest BCUT2D eigenvalue weighted by atomic mass is 32.1. The van der Waals surface area contributed by atoms with Gasteiger partial charge >= 0.3 is 6.18 Å². The van der Waals surface area contributed by atoms with Crippen molar-refractivity contribution in [2.75, 3.05) is 0 Å². The van der Waals surface area contributed by atoms with Crippen LogP contribution in [-0.2, 0) is 6.18 Å². The van der Waals surface area contributed by atoms with Crippen molar-refractivity contribution in [3.8, 4) is 21.8 Å². The van der Waals surface area contributed by atoms with Crippen molar-refractivity contribution >= 4 is 16.9 Å². The molecule has 0 bridgehead atoms. The summed E-state index contributed by atoms with van der Waals surface area (Å²) in [6, 6.07) is 11.2. The second-order valence-corrected chi connectivity index (χ2v) is 6.43. The summed E-state index contributed by atoms with van der Waals surface area (Å²) in [5.41, 5.74) is 2.25. The van der Waals surface area contributed by atoms with Crippen LogP contribution in [-0.4, -0.2) is 14.6 Å². The van der Waals surface area contributed by atoms with E-state index in [0.717, 1.165) is 22.8 Å². The molecule has 4 aromatic rings. The molecule has 126 valence electrons. The number of halogens is 3. The lowest BCUT2D eigenvalue weighted by molar-refractivity contribution is -0.137. The second kappa shape index (κ2) is 5.70. The number of aryl methyl sites for hydroxylation is 1. The van der Waals surface area contributed by atoms with Crippen LogP contribution < -0.4 is 0 Å². The molecule has 0 spiro atoms. The van der Waals surface area contributed by atoms with Crippen LogP contribution in [0.25, 0.3) is 27.3 Å². The SMILES string of the molecule is Cc1nn2ccccc2c1-c1nc(-c2ccccc2C(F)(F)F)cs1. The van der Waals surface area contributed by atoms with Crippen LogP contribution >= 0.6 is 11.3 Å². The van der Waals surface area contributed by atoms with Gasteiger partial charge in [-0.05, 0) is 25.1 Å². The molecule has 3 nitrogen and oxygen atoms in total. The van der Waals surface area contributed by atoms with E-state index in [1.165, 1.54) is 23.5 Å². The molecular formula is C18H12F3N3S. The molecule has 7 heteroatoms. The molecule has 0 saturated heterocycles. The van der Waals surface area contributed by atoms with Gasteiger partial charge in [-0.1, -0.05) is 24.3 Å². The van der Waals surface area contributed by atoms with Crippen LogP contribution in [0.15, 0.2) is 54.0 Å². The van der Waals surface area contributed by atoms with E-state index in [0.29, 0.717) is 10.7 Å². The molecule has 0 aliphatic carbocycles. The third-order valence-corrected chi connectivity index (χ3v) is 4.80. The number of hydrogen-bond donors (Lipinski definition) is 0. The Balaban J connectivity index is 1.86. The molecule has 0 radical (unpaired) electrons. The zero-order valence-corrected chi connectivity index (χ0v) is 13.9. The lowest BCUT2D eigenvalue weighted by Crippen LogP contribution is -2.06. The number of alkyl halides is 3. The number of fused-ring (bicyclic) bond motifs is 1. The van der Waals surface area contributed by atoms with Crippen LogP contribution in [0.1, 0.15) is 11.3 Å². The van der Waals surface area contributed by atoms with E-state index in [1.54, 1.807) is 16.0 Å². The largest absolute Gasteiger partial charge is 0.417 e. The third-order valence-electron chi connectivity index (χ3n) is 3.94. The molecule has 0 aliphatic heterocycles. The van der Waals surface area contributed by atoms with Crippen LogP contribution in [0.3, 0.4) is 0 Å². The third kappa shape index (κ3) is 2.70. The lowest BCUT2D eigenvalue weighted by Gasteiger charge is -2.10. The standard InChI is InChI=1S/C18H12F3N3S/c1-11-16(15-8-4-5-9-24(15)23-11)17-22-14(10-25-17)12-6-2-3-7-13(12)18(19,20)21/h2-10H,1H3. The van der Waals surface area contributed by atoms with Gasteiger partial charge in [0.1, 0.15) is 5.01 Å². The predicted molar refractivity (Wildman–Crippen MR) is 91.5 cm³/mol. The Morgan fingerprint density at radius 2 is 1.80 bits per heavy atom. The maximum absolute atomic E-state index is 13.2. The summed E-state index contributed by atoms with van der Waals surface area (Å²) >= 11 is 1.32. The summed E-state index contributed by atoms with van der Waals surface area (Å²) < 4.78 is 41.5. The van der Waals surface area contributed by atoms with Crippen molar-refractivity contribution in [2.45, 2.75) is 13.1 Å². The Morgan fingerprint density at radius 1 is 1.04 bits per heavy atom. The number of aromatic nitrogens is 3. The minimum atomic E-state index is -4.42. The molecule has 3 aromatic heterocycles. The quantitative estimate of drug-likeness (QED) is 0.476. The predicted octanol–water partition coefficient (Wildman–Crippen LogP) is 5.45. The number of rotatable bonds is 2. The number of hydrogen-bond acceptors (Lipinski definition) is 3. The molecule has 0 atom stereocenters. The minimum absolute atomic E-state index is 0.0895. The molecule has 4 rings (SSSR count). The zero-order valence-electron chi connectivity index (χ0n) is 13.1. The average molecular weight is 359 g/mol. The number of thiazole rings is 1. The van der Waals surface area contributed by atoms with Crippen LogP contribution in [0.2, 0.25) is 0 Å². The van der Waals surface area contributed by atoms with Gasteiger partial charge < -0.3 is 0 Å². The summed E-state index contributed by atoms with van der Waals surface area (Å²) in [5, 5.41) is 6.75. The highest BCUT2D eigenvalue weighted by Gasteiger charge is 2.34. The highest BCUT2D eigenvalue weighted by molar-refractivity contribution is 7.13. The smallest absolute Gasteiger partial charge is 0.240 e. The van der Waals surface area contributed by atoms with E-state index in [2.05, 4.69) is 10.1 Å². The van der Waals surface area contributed by atoms with Crippen molar-refractivity contribution in [3.05, 3.63) is 65.3 Å². The number of pyridine rings is 1. The minimum Gasteiger partial charge on any atom is -0.240 e.